The second-order valence-electron chi connectivity index (χ2n) is 4.47. The van der Waals surface area contributed by atoms with Crippen molar-refractivity contribution in [3.8, 4) is 0 Å². The molecule has 1 aliphatic carbocycles. The molecule has 0 amide bonds. The smallest absolute Gasteiger partial charge is 0.0572 e. The van der Waals surface area contributed by atoms with Crippen LogP contribution in [0.25, 0.3) is 0 Å². The molecule has 0 saturated heterocycles. The molecule has 1 heterocycles. The minimum absolute atomic E-state index is 0.0994. The molecular weight excluding hydrogens is 186 g/mol. The lowest BCUT2D eigenvalue weighted by atomic mass is 9.99. The quantitative estimate of drug-likeness (QED) is 0.821. The number of aryl methyl sites for hydroxylation is 1. The van der Waals surface area contributed by atoms with Crippen LogP contribution in [0, 0.1) is 5.92 Å². The molecule has 1 aromatic rings. The van der Waals surface area contributed by atoms with Gasteiger partial charge < -0.3 is 5.11 Å². The summed E-state index contributed by atoms with van der Waals surface area (Å²) in [6.45, 7) is 2.14. The third-order valence-electron chi connectivity index (χ3n) is 3.38. The Hall–Kier alpha value is -0.890. The van der Waals surface area contributed by atoms with Gasteiger partial charge in [0.1, 0.15) is 0 Å². The Bertz CT molecular complexity index is 307. The molecule has 2 rings (SSSR count). The molecule has 0 bridgehead atoms. The number of aliphatic hydroxyl groups is 1. The van der Waals surface area contributed by atoms with E-state index in [4.69, 9.17) is 0 Å². The zero-order chi connectivity index (χ0) is 10.7. The zero-order valence-electron chi connectivity index (χ0n) is 9.32. The van der Waals surface area contributed by atoms with Crippen LogP contribution >= 0.6 is 0 Å². The van der Waals surface area contributed by atoms with Crippen molar-refractivity contribution >= 4 is 0 Å². The van der Waals surface area contributed by atoms with Crippen molar-refractivity contribution in [1.29, 1.82) is 0 Å². The number of aromatic nitrogens is 1. The van der Waals surface area contributed by atoms with Gasteiger partial charge in [-0.15, -0.1) is 0 Å². The topological polar surface area (TPSA) is 33.1 Å². The Balaban J connectivity index is 1.98. The largest absolute Gasteiger partial charge is 0.393 e. The molecule has 0 aliphatic heterocycles. The maximum atomic E-state index is 9.72. The fourth-order valence-corrected chi connectivity index (χ4v) is 2.31. The van der Waals surface area contributed by atoms with E-state index in [0.717, 1.165) is 31.4 Å². The molecule has 2 heteroatoms. The van der Waals surface area contributed by atoms with E-state index in [2.05, 4.69) is 24.0 Å². The highest BCUT2D eigenvalue weighted by molar-refractivity contribution is 5.14. The van der Waals surface area contributed by atoms with Gasteiger partial charge in [-0.1, -0.05) is 19.4 Å². The first-order chi connectivity index (χ1) is 7.29. The molecule has 0 spiro atoms. The molecule has 1 aromatic heterocycles. The second kappa shape index (κ2) is 4.75. The van der Waals surface area contributed by atoms with Gasteiger partial charge in [-0.05, 0) is 43.2 Å². The first-order valence-electron chi connectivity index (χ1n) is 5.91. The monoisotopic (exact) mass is 205 g/mol. The van der Waals surface area contributed by atoms with Gasteiger partial charge in [0.15, 0.2) is 0 Å². The molecule has 1 N–H and O–H groups in total. The highest BCUT2D eigenvalue weighted by Gasteiger charge is 2.25. The predicted molar refractivity (Wildman–Crippen MR) is 60.7 cm³/mol. The minimum Gasteiger partial charge on any atom is -0.393 e. The first kappa shape index (κ1) is 10.6. The summed E-state index contributed by atoms with van der Waals surface area (Å²) in [5.74, 6) is 0.435. The van der Waals surface area contributed by atoms with Gasteiger partial charge in [-0.3, -0.25) is 4.98 Å². The number of hydrogen-bond donors (Lipinski definition) is 1. The van der Waals surface area contributed by atoms with Gasteiger partial charge >= 0.3 is 0 Å². The van der Waals surface area contributed by atoms with Crippen molar-refractivity contribution in [1.82, 2.24) is 4.98 Å². The summed E-state index contributed by atoms with van der Waals surface area (Å²) in [5, 5.41) is 9.72. The lowest BCUT2D eigenvalue weighted by Crippen LogP contribution is -2.16. The molecule has 82 valence electrons. The second-order valence-corrected chi connectivity index (χ2v) is 4.47. The van der Waals surface area contributed by atoms with Crippen LogP contribution in [0.5, 0.6) is 0 Å². The summed E-state index contributed by atoms with van der Waals surface area (Å²) >= 11 is 0. The summed E-state index contributed by atoms with van der Waals surface area (Å²) in [6, 6.07) is 4.24. The highest BCUT2D eigenvalue weighted by atomic mass is 16.3. The molecule has 0 aromatic carbocycles. The molecule has 15 heavy (non-hydrogen) atoms. The van der Waals surface area contributed by atoms with Crippen molar-refractivity contribution in [2.24, 2.45) is 5.92 Å². The first-order valence-corrected chi connectivity index (χ1v) is 5.91. The molecule has 0 radical (unpaired) electrons. The van der Waals surface area contributed by atoms with Crippen LogP contribution < -0.4 is 0 Å². The fraction of sp³-hybridized carbons (Fsp3) is 0.615. The van der Waals surface area contributed by atoms with E-state index in [1.165, 1.54) is 12.0 Å². The standard InChI is InChI=1S/C13H19NO/c1-2-10-6-7-12(14-9-10)8-11-4-3-5-13(11)15/h6-7,9,11,13,15H,2-5,8H2,1H3. The number of nitrogens with zero attached hydrogens (tertiary/aromatic N) is 1. The van der Waals surface area contributed by atoms with Crippen LogP contribution in [0.1, 0.15) is 37.4 Å². The Labute approximate surface area is 91.4 Å². The molecule has 2 atom stereocenters. The highest BCUT2D eigenvalue weighted by Crippen LogP contribution is 2.28. The van der Waals surface area contributed by atoms with Crippen molar-refractivity contribution in [2.75, 3.05) is 0 Å². The Morgan fingerprint density at radius 3 is 2.80 bits per heavy atom. The summed E-state index contributed by atoms with van der Waals surface area (Å²) in [7, 11) is 0. The average molecular weight is 205 g/mol. The Morgan fingerprint density at radius 2 is 2.27 bits per heavy atom. The van der Waals surface area contributed by atoms with E-state index in [1.807, 2.05) is 6.20 Å². The van der Waals surface area contributed by atoms with E-state index in [-0.39, 0.29) is 6.10 Å². The lowest BCUT2D eigenvalue weighted by molar-refractivity contribution is 0.132. The lowest BCUT2D eigenvalue weighted by Gasteiger charge is -2.13. The van der Waals surface area contributed by atoms with Crippen LogP contribution in [-0.2, 0) is 12.8 Å². The van der Waals surface area contributed by atoms with E-state index in [1.54, 1.807) is 0 Å². The SMILES string of the molecule is CCc1ccc(CC2CCCC2O)nc1. The van der Waals surface area contributed by atoms with Crippen LogP contribution in [-0.4, -0.2) is 16.2 Å². The van der Waals surface area contributed by atoms with Crippen LogP contribution in [0.4, 0.5) is 0 Å². The van der Waals surface area contributed by atoms with Gasteiger partial charge in [0.25, 0.3) is 0 Å². The van der Waals surface area contributed by atoms with Crippen LogP contribution in [0.2, 0.25) is 0 Å². The van der Waals surface area contributed by atoms with Crippen molar-refractivity contribution in [3.05, 3.63) is 29.6 Å². The molecule has 1 saturated carbocycles. The van der Waals surface area contributed by atoms with Gasteiger partial charge in [0, 0.05) is 11.9 Å². The van der Waals surface area contributed by atoms with Gasteiger partial charge in [0.2, 0.25) is 0 Å². The number of hydrogen-bond acceptors (Lipinski definition) is 2. The van der Waals surface area contributed by atoms with E-state index >= 15 is 0 Å². The van der Waals surface area contributed by atoms with Crippen molar-refractivity contribution in [3.63, 3.8) is 0 Å². The van der Waals surface area contributed by atoms with Crippen molar-refractivity contribution < 1.29 is 5.11 Å². The number of rotatable bonds is 3. The van der Waals surface area contributed by atoms with E-state index in [0.29, 0.717) is 5.92 Å². The summed E-state index contributed by atoms with van der Waals surface area (Å²) in [4.78, 5) is 4.44. The Kier molecular flexibility index (Phi) is 3.37. The fourth-order valence-electron chi connectivity index (χ4n) is 2.31. The average Bonchev–Trinajstić information content (AvgIpc) is 2.66. The summed E-state index contributed by atoms with van der Waals surface area (Å²) in [6.07, 6.45) is 7.12. The van der Waals surface area contributed by atoms with Crippen LogP contribution in [0.3, 0.4) is 0 Å². The van der Waals surface area contributed by atoms with Crippen molar-refractivity contribution in [2.45, 2.75) is 45.1 Å². The molecule has 2 nitrogen and oxygen atoms in total. The maximum absolute atomic E-state index is 9.72. The number of aliphatic hydroxyl groups excluding tert-OH is 1. The minimum atomic E-state index is -0.0994. The summed E-state index contributed by atoms with van der Waals surface area (Å²) < 4.78 is 0. The molecule has 1 aliphatic rings. The zero-order valence-corrected chi connectivity index (χ0v) is 9.32. The molecular formula is C13H19NO. The van der Waals surface area contributed by atoms with Gasteiger partial charge in [0.05, 0.1) is 6.10 Å². The van der Waals surface area contributed by atoms with Gasteiger partial charge in [-0.25, -0.2) is 0 Å². The molecule has 1 fully saturated rings. The molecule has 2 unspecified atom stereocenters. The Morgan fingerprint density at radius 1 is 1.40 bits per heavy atom. The number of pyridine rings is 1. The predicted octanol–water partition coefficient (Wildman–Crippen LogP) is 2.35. The van der Waals surface area contributed by atoms with E-state index < -0.39 is 0 Å². The van der Waals surface area contributed by atoms with Gasteiger partial charge in [-0.2, -0.15) is 0 Å². The third-order valence-corrected chi connectivity index (χ3v) is 3.38. The summed E-state index contributed by atoms with van der Waals surface area (Å²) in [5.41, 5.74) is 2.41. The normalized spacial score (nSPS) is 25.7. The van der Waals surface area contributed by atoms with E-state index in [9.17, 15) is 5.11 Å². The van der Waals surface area contributed by atoms with Crippen LogP contribution in [0.15, 0.2) is 18.3 Å². The third kappa shape index (κ3) is 2.57. The maximum Gasteiger partial charge on any atom is 0.0572 e.